The molecule has 0 amide bonds. The minimum Gasteiger partial charge on any atom is -0.377 e. The van der Waals surface area contributed by atoms with Gasteiger partial charge in [-0.3, -0.25) is 9.59 Å². The molecular formula is C34H46N2O10. The Kier molecular flexibility index (Phi) is 14.2. The molecule has 12 heteroatoms. The van der Waals surface area contributed by atoms with Crippen LogP contribution in [0.5, 0.6) is 0 Å². The summed E-state index contributed by atoms with van der Waals surface area (Å²) in [7, 11) is 0. The quantitative estimate of drug-likeness (QED) is 0.409. The van der Waals surface area contributed by atoms with Crippen molar-refractivity contribution in [3.8, 4) is 0 Å². The molecule has 1 aliphatic carbocycles. The summed E-state index contributed by atoms with van der Waals surface area (Å²) in [5.41, 5.74) is 2.97. The molecule has 2 fully saturated rings. The van der Waals surface area contributed by atoms with E-state index < -0.39 is 0 Å². The Morgan fingerprint density at radius 2 is 0.652 bits per heavy atom. The number of benzene rings is 2. The predicted molar refractivity (Wildman–Crippen MR) is 171 cm³/mol. The van der Waals surface area contributed by atoms with Gasteiger partial charge in [0.1, 0.15) is 0 Å². The third kappa shape index (κ3) is 9.55. The van der Waals surface area contributed by atoms with Crippen molar-refractivity contribution in [3.05, 3.63) is 58.7 Å². The summed E-state index contributed by atoms with van der Waals surface area (Å²) in [6, 6.07) is 10.9. The average Bonchev–Trinajstić information content (AvgIpc) is 3.10. The fourth-order valence-corrected chi connectivity index (χ4v) is 5.66. The van der Waals surface area contributed by atoms with Crippen LogP contribution in [0.3, 0.4) is 0 Å². The van der Waals surface area contributed by atoms with Crippen molar-refractivity contribution in [1.29, 1.82) is 0 Å². The summed E-state index contributed by atoms with van der Waals surface area (Å²) in [5, 5.41) is 0. The van der Waals surface area contributed by atoms with E-state index in [-0.39, 0.29) is 11.6 Å². The monoisotopic (exact) mass is 642 g/mol. The first-order chi connectivity index (χ1) is 22.8. The summed E-state index contributed by atoms with van der Waals surface area (Å²) in [6.45, 7) is 9.50. The summed E-state index contributed by atoms with van der Waals surface area (Å²) in [4.78, 5) is 32.7. The molecule has 46 heavy (non-hydrogen) atoms. The van der Waals surface area contributed by atoms with Crippen molar-refractivity contribution < 1.29 is 47.5 Å². The standard InChI is InChI=1S/C34H46N2O10/c37-33-27-3-1-5-29(35-7-11-39-15-19-43-23-24-44-20-16-40-12-8-35)31(27)34(38)32-28(33)4-2-6-30(32)36-9-13-41-17-21-45-25-26-46-22-18-42-14-10-36/h1-6H,7-26H2. The highest BCUT2D eigenvalue weighted by Crippen LogP contribution is 2.38. The number of rotatable bonds is 2. The number of carbonyl (C=O) groups is 2. The van der Waals surface area contributed by atoms with Crippen LogP contribution in [-0.2, 0) is 37.9 Å². The van der Waals surface area contributed by atoms with Gasteiger partial charge in [0.05, 0.1) is 117 Å². The average molecular weight is 643 g/mol. The minimum absolute atomic E-state index is 0.173. The molecule has 0 atom stereocenters. The van der Waals surface area contributed by atoms with Crippen molar-refractivity contribution >= 4 is 22.9 Å². The van der Waals surface area contributed by atoms with Gasteiger partial charge in [0.25, 0.3) is 0 Å². The molecule has 0 radical (unpaired) electrons. The van der Waals surface area contributed by atoms with E-state index in [2.05, 4.69) is 9.80 Å². The van der Waals surface area contributed by atoms with E-state index in [1.807, 2.05) is 24.3 Å². The van der Waals surface area contributed by atoms with Crippen LogP contribution in [0.15, 0.2) is 36.4 Å². The van der Waals surface area contributed by atoms with Crippen LogP contribution in [0, 0.1) is 0 Å². The molecule has 0 aromatic heterocycles. The van der Waals surface area contributed by atoms with E-state index in [1.165, 1.54) is 0 Å². The van der Waals surface area contributed by atoms with Crippen molar-refractivity contribution in [3.63, 3.8) is 0 Å². The highest BCUT2D eigenvalue weighted by atomic mass is 16.6. The molecule has 12 nitrogen and oxygen atoms in total. The Bertz CT molecular complexity index is 1130. The maximum atomic E-state index is 14.6. The van der Waals surface area contributed by atoms with Crippen LogP contribution in [0.25, 0.3) is 0 Å². The van der Waals surface area contributed by atoms with Gasteiger partial charge < -0.3 is 47.7 Å². The van der Waals surface area contributed by atoms with Gasteiger partial charge >= 0.3 is 0 Å². The summed E-state index contributed by atoms with van der Waals surface area (Å²) in [5.74, 6) is -0.358. The molecule has 0 spiro atoms. The normalized spacial score (nSPS) is 21.2. The predicted octanol–water partition coefficient (Wildman–Crippen LogP) is 2.23. The molecule has 0 unspecified atom stereocenters. The first kappa shape index (κ1) is 34.4. The van der Waals surface area contributed by atoms with E-state index in [1.54, 1.807) is 12.1 Å². The topological polar surface area (TPSA) is 114 Å². The van der Waals surface area contributed by atoms with Gasteiger partial charge in [0, 0.05) is 48.7 Å². The Hall–Kier alpha value is -2.94. The van der Waals surface area contributed by atoms with E-state index >= 15 is 0 Å². The Morgan fingerprint density at radius 3 is 0.957 bits per heavy atom. The van der Waals surface area contributed by atoms with Gasteiger partial charge in [-0.25, -0.2) is 0 Å². The Balaban J connectivity index is 1.40. The lowest BCUT2D eigenvalue weighted by Gasteiger charge is -2.32. The summed E-state index contributed by atoms with van der Waals surface area (Å²) in [6.07, 6.45) is 0. The molecule has 2 aliphatic heterocycles. The van der Waals surface area contributed by atoms with Crippen molar-refractivity contribution in [1.82, 2.24) is 0 Å². The number of ketones is 2. The Labute approximate surface area is 270 Å². The molecule has 3 aliphatic rings. The third-order valence-corrected chi connectivity index (χ3v) is 7.96. The zero-order valence-electron chi connectivity index (χ0n) is 26.6. The van der Waals surface area contributed by atoms with Gasteiger partial charge in [-0.2, -0.15) is 0 Å². The van der Waals surface area contributed by atoms with Crippen LogP contribution < -0.4 is 9.80 Å². The smallest absolute Gasteiger partial charge is 0.198 e. The van der Waals surface area contributed by atoms with Crippen LogP contribution >= 0.6 is 0 Å². The van der Waals surface area contributed by atoms with E-state index in [0.29, 0.717) is 166 Å². The molecule has 2 aromatic carbocycles. The molecule has 2 saturated heterocycles. The Morgan fingerprint density at radius 1 is 0.370 bits per heavy atom. The highest BCUT2D eigenvalue weighted by molar-refractivity contribution is 6.31. The van der Waals surface area contributed by atoms with Gasteiger partial charge in [-0.05, 0) is 12.1 Å². The second-order valence-electron chi connectivity index (χ2n) is 10.9. The second kappa shape index (κ2) is 19.0. The number of nitrogens with zero attached hydrogens (tertiary/aromatic N) is 2. The maximum Gasteiger partial charge on any atom is 0.198 e. The van der Waals surface area contributed by atoms with E-state index in [4.69, 9.17) is 37.9 Å². The van der Waals surface area contributed by atoms with Crippen molar-refractivity contribution in [2.24, 2.45) is 0 Å². The lowest BCUT2D eigenvalue weighted by atomic mass is 9.82. The molecule has 2 heterocycles. The fraction of sp³-hybridized carbons (Fsp3) is 0.588. The first-order valence-electron chi connectivity index (χ1n) is 16.2. The SMILES string of the molecule is O=C1c2cccc(N3CCOCCOCCOCCOCC3)c2C(=O)c2c1cccc2N1CCOCCOCCOCCOCC1. The zero-order chi connectivity index (χ0) is 31.8. The van der Waals surface area contributed by atoms with Crippen LogP contribution in [0.4, 0.5) is 11.4 Å². The van der Waals surface area contributed by atoms with Gasteiger partial charge in [0.2, 0.25) is 0 Å². The van der Waals surface area contributed by atoms with Gasteiger partial charge in [-0.1, -0.05) is 24.3 Å². The molecular weight excluding hydrogens is 596 g/mol. The number of ether oxygens (including phenoxy) is 8. The summed E-state index contributed by atoms with van der Waals surface area (Å²) < 4.78 is 45.6. The number of fused-ring (bicyclic) bond motifs is 2. The van der Waals surface area contributed by atoms with Crippen molar-refractivity contribution in [2.75, 3.05) is 142 Å². The molecule has 0 saturated carbocycles. The number of anilines is 2. The molecule has 5 rings (SSSR count). The minimum atomic E-state index is -0.185. The number of carbonyl (C=O) groups excluding carboxylic acids is 2. The number of hydrogen-bond acceptors (Lipinski definition) is 12. The third-order valence-electron chi connectivity index (χ3n) is 7.96. The fourth-order valence-electron chi connectivity index (χ4n) is 5.66. The first-order valence-corrected chi connectivity index (χ1v) is 16.2. The molecule has 0 N–H and O–H groups in total. The van der Waals surface area contributed by atoms with Crippen LogP contribution in [0.1, 0.15) is 31.8 Å². The van der Waals surface area contributed by atoms with Crippen LogP contribution in [-0.4, -0.2) is 143 Å². The van der Waals surface area contributed by atoms with E-state index in [0.717, 1.165) is 0 Å². The summed E-state index contributed by atoms with van der Waals surface area (Å²) >= 11 is 0. The molecule has 2 aromatic rings. The van der Waals surface area contributed by atoms with Gasteiger partial charge in [0.15, 0.2) is 11.6 Å². The highest BCUT2D eigenvalue weighted by Gasteiger charge is 2.35. The zero-order valence-corrected chi connectivity index (χ0v) is 26.6. The molecule has 0 bridgehead atoms. The van der Waals surface area contributed by atoms with Gasteiger partial charge in [-0.15, -0.1) is 0 Å². The number of hydrogen-bond donors (Lipinski definition) is 0. The largest absolute Gasteiger partial charge is 0.377 e. The lowest BCUT2D eigenvalue weighted by molar-refractivity contribution is 0.00206. The van der Waals surface area contributed by atoms with E-state index in [9.17, 15) is 9.59 Å². The molecule has 252 valence electrons. The lowest BCUT2D eigenvalue weighted by Crippen LogP contribution is -2.36. The van der Waals surface area contributed by atoms with Crippen LogP contribution in [0.2, 0.25) is 0 Å². The van der Waals surface area contributed by atoms with Crippen molar-refractivity contribution in [2.45, 2.75) is 0 Å². The maximum absolute atomic E-state index is 14.6. The second-order valence-corrected chi connectivity index (χ2v) is 10.9.